The molecule has 1 atom stereocenters. The van der Waals surface area contributed by atoms with Crippen LogP contribution in [0.1, 0.15) is 16.5 Å². The first-order chi connectivity index (χ1) is 6.79. The van der Waals surface area contributed by atoms with E-state index in [1.807, 2.05) is 41.8 Å². The lowest BCUT2D eigenvalue weighted by Crippen LogP contribution is -2.10. The molecule has 1 aromatic heterocycles. The highest BCUT2D eigenvalue weighted by atomic mass is 35.5. The van der Waals surface area contributed by atoms with Crippen LogP contribution in [0.15, 0.2) is 41.8 Å². The lowest BCUT2D eigenvalue weighted by molar-refractivity contribution is 0.894. The molecule has 0 amide bonds. The van der Waals surface area contributed by atoms with Gasteiger partial charge in [-0.25, -0.2) is 0 Å². The predicted octanol–water partition coefficient (Wildman–Crippen LogP) is 3.87. The van der Waals surface area contributed by atoms with E-state index in [1.165, 1.54) is 0 Å². The molecule has 1 nitrogen and oxygen atoms in total. The second-order valence-electron chi connectivity index (χ2n) is 3.01. The van der Waals surface area contributed by atoms with Gasteiger partial charge in [0.25, 0.3) is 0 Å². The summed E-state index contributed by atoms with van der Waals surface area (Å²) in [5.74, 6) is 0. The highest BCUT2D eigenvalue weighted by Crippen LogP contribution is 2.28. The predicted molar refractivity (Wildman–Crippen MR) is 69.0 cm³/mol. The Bertz CT molecular complexity index is 414. The van der Waals surface area contributed by atoms with E-state index in [0.29, 0.717) is 0 Å². The minimum absolute atomic E-state index is 0. The summed E-state index contributed by atoms with van der Waals surface area (Å²) in [7, 11) is 0. The average Bonchev–Trinajstić information content (AvgIpc) is 2.70. The van der Waals surface area contributed by atoms with Crippen molar-refractivity contribution in [2.45, 2.75) is 6.04 Å². The second-order valence-corrected chi connectivity index (χ2v) is 4.40. The summed E-state index contributed by atoms with van der Waals surface area (Å²) in [6, 6.07) is 11.6. The van der Waals surface area contributed by atoms with Gasteiger partial charge in [-0.1, -0.05) is 35.9 Å². The van der Waals surface area contributed by atoms with Crippen LogP contribution in [0.25, 0.3) is 0 Å². The highest BCUT2D eigenvalue weighted by Gasteiger charge is 2.12. The van der Waals surface area contributed by atoms with Gasteiger partial charge >= 0.3 is 0 Å². The maximum Gasteiger partial charge on any atom is 0.0660 e. The van der Waals surface area contributed by atoms with E-state index in [0.717, 1.165) is 15.5 Å². The lowest BCUT2D eigenvalue weighted by atomic mass is 10.1. The third-order valence-corrected chi connectivity index (χ3v) is 3.39. The molecule has 0 bridgehead atoms. The first-order valence-corrected chi connectivity index (χ1v) is 5.58. The first-order valence-electron chi connectivity index (χ1n) is 4.32. The summed E-state index contributed by atoms with van der Waals surface area (Å²) in [5.41, 5.74) is 7.07. The average molecular weight is 260 g/mol. The Hall–Kier alpha value is -0.540. The van der Waals surface area contributed by atoms with Crippen molar-refractivity contribution in [2.75, 3.05) is 0 Å². The fourth-order valence-corrected chi connectivity index (χ4v) is 2.35. The molecule has 0 aliphatic carbocycles. The van der Waals surface area contributed by atoms with Gasteiger partial charge in [0.1, 0.15) is 0 Å². The van der Waals surface area contributed by atoms with Gasteiger partial charge in [0.15, 0.2) is 0 Å². The fourth-order valence-electron chi connectivity index (χ4n) is 1.35. The standard InChI is InChI=1S/C11H10ClNS.ClH/c12-9-5-2-1-4-8(9)11(13)10-6-3-7-14-10;/h1-7,11H,13H2;1H/t11-;/m0./s1. The van der Waals surface area contributed by atoms with E-state index in [4.69, 9.17) is 17.3 Å². The summed E-state index contributed by atoms with van der Waals surface area (Å²) >= 11 is 7.71. The van der Waals surface area contributed by atoms with Crippen LogP contribution in [0.4, 0.5) is 0 Å². The molecule has 0 saturated heterocycles. The number of thiophene rings is 1. The number of halogens is 2. The zero-order valence-electron chi connectivity index (χ0n) is 7.89. The summed E-state index contributed by atoms with van der Waals surface area (Å²) in [5, 5.41) is 2.75. The van der Waals surface area contributed by atoms with E-state index in [2.05, 4.69) is 0 Å². The maximum absolute atomic E-state index is 6.09. The Morgan fingerprint density at radius 2 is 1.87 bits per heavy atom. The van der Waals surface area contributed by atoms with Gasteiger partial charge in [0, 0.05) is 9.90 Å². The summed E-state index contributed by atoms with van der Waals surface area (Å²) in [6.07, 6.45) is 0. The number of hydrogen-bond donors (Lipinski definition) is 1. The Morgan fingerprint density at radius 3 is 2.47 bits per heavy atom. The molecule has 0 spiro atoms. The van der Waals surface area contributed by atoms with E-state index in [1.54, 1.807) is 11.3 Å². The Balaban J connectivity index is 0.00000112. The van der Waals surface area contributed by atoms with Crippen molar-refractivity contribution in [1.29, 1.82) is 0 Å². The van der Waals surface area contributed by atoms with Crippen LogP contribution in [-0.2, 0) is 0 Å². The van der Waals surface area contributed by atoms with Crippen molar-refractivity contribution in [3.63, 3.8) is 0 Å². The van der Waals surface area contributed by atoms with Crippen molar-refractivity contribution >= 4 is 35.3 Å². The largest absolute Gasteiger partial charge is 0.320 e. The van der Waals surface area contributed by atoms with Gasteiger partial charge in [-0.05, 0) is 23.1 Å². The van der Waals surface area contributed by atoms with E-state index in [9.17, 15) is 0 Å². The molecule has 0 radical (unpaired) electrons. The lowest BCUT2D eigenvalue weighted by Gasteiger charge is -2.11. The number of hydrogen-bond acceptors (Lipinski definition) is 2. The van der Waals surface area contributed by atoms with Crippen molar-refractivity contribution in [1.82, 2.24) is 0 Å². The minimum atomic E-state index is -0.108. The van der Waals surface area contributed by atoms with Gasteiger partial charge in [-0.3, -0.25) is 0 Å². The van der Waals surface area contributed by atoms with Crippen molar-refractivity contribution in [3.8, 4) is 0 Å². The zero-order chi connectivity index (χ0) is 9.97. The molecular weight excluding hydrogens is 249 g/mol. The SMILES string of the molecule is Cl.N[C@H](c1cccs1)c1ccccc1Cl. The van der Waals surface area contributed by atoms with Crippen LogP contribution in [0.3, 0.4) is 0 Å². The second kappa shape index (κ2) is 5.52. The maximum atomic E-state index is 6.09. The number of rotatable bonds is 2. The number of nitrogens with two attached hydrogens (primary N) is 1. The molecule has 15 heavy (non-hydrogen) atoms. The molecule has 0 aliphatic heterocycles. The normalized spacial score (nSPS) is 11.9. The smallest absolute Gasteiger partial charge is 0.0660 e. The summed E-state index contributed by atoms with van der Waals surface area (Å²) in [4.78, 5) is 1.14. The molecule has 2 aromatic rings. The molecule has 1 aromatic carbocycles. The molecule has 0 saturated carbocycles. The molecule has 80 valence electrons. The van der Waals surface area contributed by atoms with Crippen LogP contribution in [0, 0.1) is 0 Å². The van der Waals surface area contributed by atoms with Gasteiger partial charge in [0.05, 0.1) is 6.04 Å². The molecule has 0 fully saturated rings. The van der Waals surface area contributed by atoms with Gasteiger partial charge < -0.3 is 5.73 Å². The highest BCUT2D eigenvalue weighted by molar-refractivity contribution is 7.10. The molecule has 0 aliphatic rings. The summed E-state index contributed by atoms with van der Waals surface area (Å²) < 4.78 is 0. The molecule has 0 unspecified atom stereocenters. The van der Waals surface area contributed by atoms with Gasteiger partial charge in [-0.2, -0.15) is 0 Å². The quantitative estimate of drug-likeness (QED) is 0.871. The van der Waals surface area contributed by atoms with E-state index < -0.39 is 0 Å². The van der Waals surface area contributed by atoms with Crippen LogP contribution < -0.4 is 5.73 Å². The zero-order valence-corrected chi connectivity index (χ0v) is 10.3. The minimum Gasteiger partial charge on any atom is -0.320 e. The van der Waals surface area contributed by atoms with E-state index >= 15 is 0 Å². The van der Waals surface area contributed by atoms with Crippen LogP contribution >= 0.6 is 35.3 Å². The van der Waals surface area contributed by atoms with Gasteiger partial charge in [0.2, 0.25) is 0 Å². The Labute approximate surface area is 104 Å². The van der Waals surface area contributed by atoms with Crippen LogP contribution in [-0.4, -0.2) is 0 Å². The number of benzene rings is 1. The van der Waals surface area contributed by atoms with Crippen LogP contribution in [0.2, 0.25) is 5.02 Å². The molecule has 2 rings (SSSR count). The Morgan fingerprint density at radius 1 is 1.13 bits per heavy atom. The van der Waals surface area contributed by atoms with Crippen molar-refractivity contribution in [2.24, 2.45) is 5.73 Å². The monoisotopic (exact) mass is 259 g/mol. The van der Waals surface area contributed by atoms with Crippen LogP contribution in [0.5, 0.6) is 0 Å². The fraction of sp³-hybridized carbons (Fsp3) is 0.0909. The van der Waals surface area contributed by atoms with Crippen molar-refractivity contribution in [3.05, 3.63) is 57.2 Å². The Kier molecular flexibility index (Phi) is 4.61. The molecule has 2 N–H and O–H groups in total. The van der Waals surface area contributed by atoms with E-state index in [-0.39, 0.29) is 18.4 Å². The van der Waals surface area contributed by atoms with Crippen molar-refractivity contribution < 1.29 is 0 Å². The molecule has 1 heterocycles. The van der Waals surface area contributed by atoms with Gasteiger partial charge in [-0.15, -0.1) is 23.7 Å². The third-order valence-electron chi connectivity index (χ3n) is 2.09. The topological polar surface area (TPSA) is 26.0 Å². The third kappa shape index (κ3) is 2.73. The summed E-state index contributed by atoms with van der Waals surface area (Å²) in [6.45, 7) is 0. The molecular formula is C11H11Cl2NS. The first kappa shape index (κ1) is 12.5. The molecule has 4 heteroatoms.